The highest BCUT2D eigenvalue weighted by Gasteiger charge is 2.37. The number of aromatic nitrogens is 2. The highest BCUT2D eigenvalue weighted by atomic mass is 32.2. The molecule has 1 aromatic heterocycles. The Morgan fingerprint density at radius 1 is 0.646 bits per heavy atom. The Labute approximate surface area is 579 Å². The number of fused-ring (bicyclic) bond motifs is 1. The van der Waals surface area contributed by atoms with Gasteiger partial charge in [0.1, 0.15) is 42.3 Å². The van der Waals surface area contributed by atoms with Gasteiger partial charge in [-0.05, 0) is 73.4 Å². The Hall–Kier alpha value is -9.25. The van der Waals surface area contributed by atoms with Gasteiger partial charge in [0.15, 0.2) is 0 Å². The van der Waals surface area contributed by atoms with Crippen LogP contribution in [-0.2, 0) is 70.5 Å². The first kappa shape index (κ1) is 80.4. The zero-order chi connectivity index (χ0) is 72.7. The van der Waals surface area contributed by atoms with Gasteiger partial charge in [0.2, 0.25) is 59.1 Å². The van der Waals surface area contributed by atoms with Crippen molar-refractivity contribution in [3.8, 4) is 0 Å². The number of carbonyl (C=O) groups is 13. The van der Waals surface area contributed by atoms with Crippen LogP contribution >= 0.6 is 11.8 Å². The van der Waals surface area contributed by atoms with Crippen molar-refractivity contribution in [2.75, 3.05) is 90.5 Å². The smallest absolute Gasteiger partial charge is 0.317 e. The number of aliphatic carboxylic acids is 2. The van der Waals surface area contributed by atoms with Crippen LogP contribution in [0.25, 0.3) is 0 Å². The minimum absolute atomic E-state index is 0.0623. The predicted molar refractivity (Wildman–Crippen MR) is 366 cm³/mol. The molecule has 0 bridgehead atoms. The molecule has 3 heterocycles. The van der Waals surface area contributed by atoms with Gasteiger partial charge in [0.25, 0.3) is 5.91 Å². The number of nitrogens with two attached hydrogens (primary N) is 2. The van der Waals surface area contributed by atoms with Crippen LogP contribution in [0.2, 0.25) is 0 Å². The van der Waals surface area contributed by atoms with Crippen LogP contribution in [-0.4, -0.2) is 251 Å². The van der Waals surface area contributed by atoms with Crippen LogP contribution < -0.4 is 70.0 Å². The van der Waals surface area contributed by atoms with Crippen molar-refractivity contribution < 1.29 is 72.5 Å². The molecule has 10 atom stereocenters. The number of nitrogens with one attached hydrogen (secondary N) is 12. The summed E-state index contributed by atoms with van der Waals surface area (Å²) in [5, 5.41) is 49.5. The Morgan fingerprint density at radius 3 is 1.87 bits per heavy atom. The standard InChI is InChI=1S/C65H98N18O15S/c1-7-39(4)57(65(98)76-47(58(67)91)18-27-99-6)80-63(96)50(29-43-32-69-37-73-43)75-52(85)33-72-64(97)56(38(2)3)79-59(92)40(5)74-62(95)49(28-42-31-70-46-15-11-10-13-44(42)46)78-61(94)48(16-17-51(66)84)77-60(93)45-14-9-8-12-41(45)30-71-53(86)34-81-21-19-68-20-22-82(35-54(87)88)24-26-83(25-23-81)36-55(89)90/h8-15,31-32,37-40,44,46-50,56-57,68,70H,7,16-30,33-36H2,1-6H3,(H2,66,84)(H2,67,91)(H,69,73)(H,71,86)(H,72,97)(H,74,95)(H,75,85)(H,76,98)(H,77,93)(H,78,94)(H,79,92)(H,80,96)(H,87,88)(H,89,90)/t39-,40+,44?,46?,47+,48+,49?,50?,56?,57?/m1/s1. The summed E-state index contributed by atoms with van der Waals surface area (Å²) < 4.78 is 0. The summed E-state index contributed by atoms with van der Waals surface area (Å²) in [6, 6.07) is -2.85. The van der Waals surface area contributed by atoms with Crippen LogP contribution in [0.3, 0.4) is 0 Å². The van der Waals surface area contributed by atoms with Crippen molar-refractivity contribution in [1.82, 2.24) is 83.2 Å². The first-order valence-electron chi connectivity index (χ1n) is 33.1. The fraction of sp³-hybridized carbons (Fsp3) is 0.569. The molecule has 3 aliphatic rings. The lowest BCUT2D eigenvalue weighted by molar-refractivity contribution is -0.140. The first-order valence-corrected chi connectivity index (χ1v) is 34.4. The fourth-order valence-electron chi connectivity index (χ4n) is 11.1. The summed E-state index contributed by atoms with van der Waals surface area (Å²) >= 11 is 1.46. The highest BCUT2D eigenvalue weighted by molar-refractivity contribution is 7.98. The monoisotopic (exact) mass is 1400 g/mol. The first-order chi connectivity index (χ1) is 47.2. The Kier molecular flexibility index (Phi) is 33.5. The number of carboxylic acid groups (broad SMARTS) is 2. The number of rotatable bonds is 38. The third kappa shape index (κ3) is 27.5. The van der Waals surface area contributed by atoms with E-state index >= 15 is 0 Å². The quantitative estimate of drug-likeness (QED) is 0.0307. The number of imidazole rings is 1. The van der Waals surface area contributed by atoms with Crippen molar-refractivity contribution in [3.63, 3.8) is 0 Å². The Bertz CT molecular complexity index is 3220. The zero-order valence-corrected chi connectivity index (χ0v) is 57.7. The number of nitrogens with zero attached hydrogens (tertiary/aromatic N) is 4. The predicted octanol–water partition coefficient (Wildman–Crippen LogP) is -3.72. The third-order valence-corrected chi connectivity index (χ3v) is 17.7. The van der Waals surface area contributed by atoms with Gasteiger partial charge in [-0.1, -0.05) is 76.6 Å². The lowest BCUT2D eigenvalue weighted by atomic mass is 9.87. The average Bonchev–Trinajstić information content (AvgIpc) is 1.48. The summed E-state index contributed by atoms with van der Waals surface area (Å²) in [4.78, 5) is 186. The van der Waals surface area contributed by atoms with Gasteiger partial charge in [-0.25, -0.2) is 4.98 Å². The van der Waals surface area contributed by atoms with E-state index in [9.17, 15) is 72.5 Å². The van der Waals surface area contributed by atoms with Gasteiger partial charge in [0, 0.05) is 95.1 Å². The van der Waals surface area contributed by atoms with Crippen LogP contribution in [0.4, 0.5) is 0 Å². The fourth-order valence-corrected chi connectivity index (χ4v) is 11.6. The second-order valence-corrected chi connectivity index (χ2v) is 26.0. The number of amides is 11. The van der Waals surface area contributed by atoms with Gasteiger partial charge in [-0.3, -0.25) is 77.0 Å². The molecule has 1 saturated heterocycles. The molecule has 2 aromatic rings. The second kappa shape index (κ2) is 41.2. The molecule has 1 aliphatic carbocycles. The number of allylic oxidation sites excluding steroid dienone is 2. The molecule has 34 heteroatoms. The molecule has 2 aliphatic heterocycles. The molecule has 11 amide bonds. The van der Waals surface area contributed by atoms with Crippen molar-refractivity contribution >= 4 is 88.7 Å². The Morgan fingerprint density at radius 2 is 1.25 bits per heavy atom. The maximum absolute atomic E-state index is 14.6. The van der Waals surface area contributed by atoms with Crippen molar-refractivity contribution in [2.24, 2.45) is 29.2 Å². The van der Waals surface area contributed by atoms with Gasteiger partial charge in [-0.15, -0.1) is 0 Å². The molecule has 0 spiro atoms. The highest BCUT2D eigenvalue weighted by Crippen LogP contribution is 2.30. The van der Waals surface area contributed by atoms with Gasteiger partial charge in [-0.2, -0.15) is 11.8 Å². The van der Waals surface area contributed by atoms with Crippen molar-refractivity contribution in [2.45, 2.75) is 128 Å². The summed E-state index contributed by atoms with van der Waals surface area (Å²) in [5.74, 6) is -11.1. The lowest BCUT2D eigenvalue weighted by Crippen LogP contribution is -2.59. The third-order valence-electron chi connectivity index (χ3n) is 17.0. The van der Waals surface area contributed by atoms with E-state index in [-0.39, 0.29) is 88.9 Å². The summed E-state index contributed by atoms with van der Waals surface area (Å²) in [7, 11) is 0. The molecule has 5 rings (SSSR count). The molecule has 6 unspecified atom stereocenters. The number of aromatic amines is 1. The lowest BCUT2D eigenvalue weighted by Gasteiger charge is -2.30. The summed E-state index contributed by atoms with van der Waals surface area (Å²) in [5.41, 5.74) is 12.7. The summed E-state index contributed by atoms with van der Waals surface area (Å²) in [6.45, 7) is 9.64. The van der Waals surface area contributed by atoms with E-state index in [0.29, 0.717) is 68.3 Å². The van der Waals surface area contributed by atoms with E-state index < -0.39 is 138 Å². The SMILES string of the molecule is CC[C@@H](C)C(NC(=O)C(Cc1cnc[nH]1)NC(=O)CNC(=O)C(NC(=O)[C@H](C)NC(=O)C(CC1=CNC2C=CC=CC12)NC(=O)[C@H](CCC(N)=O)NC(=O)c1ccccc1CNC(=O)CN1CCNCCN(CC(=O)O)CCN(CC(=O)O)CC1)C(C)C)C(=O)N[C@@H](CCSC)C(N)=O. The molecule has 18 N–H and O–H groups in total. The van der Waals surface area contributed by atoms with Crippen LogP contribution in [0.5, 0.6) is 0 Å². The van der Waals surface area contributed by atoms with Crippen molar-refractivity contribution in [1.29, 1.82) is 0 Å². The van der Waals surface area contributed by atoms with E-state index in [1.54, 1.807) is 55.0 Å². The number of carbonyl (C=O) groups excluding carboxylic acids is 11. The zero-order valence-electron chi connectivity index (χ0n) is 56.9. The maximum atomic E-state index is 14.6. The van der Waals surface area contributed by atoms with E-state index in [1.165, 1.54) is 37.3 Å². The minimum Gasteiger partial charge on any atom is -0.480 e. The van der Waals surface area contributed by atoms with E-state index in [4.69, 9.17) is 11.5 Å². The van der Waals surface area contributed by atoms with Crippen LogP contribution in [0.15, 0.2) is 72.9 Å². The van der Waals surface area contributed by atoms with E-state index in [2.05, 4.69) is 68.5 Å². The van der Waals surface area contributed by atoms with Crippen LogP contribution in [0.1, 0.15) is 88.3 Å². The minimum atomic E-state index is -1.47. The van der Waals surface area contributed by atoms with Gasteiger partial charge >= 0.3 is 11.9 Å². The number of H-pyrrole nitrogens is 1. The van der Waals surface area contributed by atoms with Gasteiger partial charge in [0.05, 0.1) is 38.5 Å². The number of benzene rings is 1. The van der Waals surface area contributed by atoms with E-state index in [1.807, 2.05) is 42.4 Å². The topological polar surface area (TPSA) is 485 Å². The molecule has 33 nitrogen and oxygen atoms in total. The number of hydrogen-bond acceptors (Lipinski definition) is 20. The number of primary amides is 2. The number of carboxylic acids is 2. The second-order valence-electron chi connectivity index (χ2n) is 25.0. The molecular formula is C65H98N18O15S. The number of thioether (sulfide) groups is 1. The summed E-state index contributed by atoms with van der Waals surface area (Å²) in [6.07, 6.45) is 13.7. The molecular weight excluding hydrogens is 1300 g/mol. The molecule has 0 saturated carbocycles. The van der Waals surface area contributed by atoms with Crippen LogP contribution in [0, 0.1) is 17.8 Å². The normalized spacial score (nSPS) is 18.4. The van der Waals surface area contributed by atoms with Gasteiger partial charge < -0.3 is 85.1 Å². The average molecular weight is 1400 g/mol. The number of hydrogen-bond donors (Lipinski definition) is 16. The van der Waals surface area contributed by atoms with Crippen molar-refractivity contribution in [3.05, 3.63) is 89.7 Å². The molecule has 0 radical (unpaired) electrons. The van der Waals surface area contributed by atoms with E-state index in [0.717, 1.165) is 0 Å². The molecule has 544 valence electrons. The Balaban J connectivity index is 1.25. The molecule has 1 fully saturated rings. The molecule has 1 aromatic carbocycles. The largest absolute Gasteiger partial charge is 0.480 e. The molecule has 99 heavy (non-hydrogen) atoms. The maximum Gasteiger partial charge on any atom is 0.317 e.